The first-order valence-corrected chi connectivity index (χ1v) is 13.1. The first-order chi connectivity index (χ1) is 17.7. The van der Waals surface area contributed by atoms with Crippen molar-refractivity contribution in [1.82, 2.24) is 0 Å². The second kappa shape index (κ2) is 9.60. The fourth-order valence-corrected chi connectivity index (χ4v) is 5.55. The van der Waals surface area contributed by atoms with Gasteiger partial charge in [-0.2, -0.15) is 0 Å². The molecule has 0 fully saturated rings. The summed E-state index contributed by atoms with van der Waals surface area (Å²) in [7, 11) is 0. The lowest BCUT2D eigenvalue weighted by molar-refractivity contribution is 1.62. The van der Waals surface area contributed by atoms with E-state index in [2.05, 4.69) is 143 Å². The van der Waals surface area contributed by atoms with Crippen molar-refractivity contribution in [3.63, 3.8) is 0 Å². The van der Waals surface area contributed by atoms with Crippen molar-refractivity contribution >= 4 is 54.3 Å². The SMILES string of the molecule is C/C=C\C=C/c1cccc(-c2c3ccccc3c(-c3ccc4ccccc4c3)c3cc(Br)ccc23)c1. The highest BCUT2D eigenvalue weighted by molar-refractivity contribution is 9.10. The third-order valence-corrected chi connectivity index (χ3v) is 7.28. The largest absolute Gasteiger partial charge is 0.0877 e. The number of rotatable bonds is 4. The Hall–Kier alpha value is -3.94. The van der Waals surface area contributed by atoms with E-state index in [1.807, 2.05) is 13.0 Å². The first kappa shape index (κ1) is 22.5. The molecular weight excluding hydrogens is 500 g/mol. The van der Waals surface area contributed by atoms with Gasteiger partial charge in [0, 0.05) is 4.47 Å². The van der Waals surface area contributed by atoms with E-state index in [4.69, 9.17) is 0 Å². The van der Waals surface area contributed by atoms with Crippen LogP contribution in [0.2, 0.25) is 0 Å². The molecule has 0 radical (unpaired) electrons. The van der Waals surface area contributed by atoms with Gasteiger partial charge in [-0.05, 0) is 91.3 Å². The summed E-state index contributed by atoms with van der Waals surface area (Å²) in [6.07, 6.45) is 8.36. The number of allylic oxidation sites excluding steroid dienone is 3. The number of fused-ring (bicyclic) bond motifs is 3. The number of hydrogen-bond donors (Lipinski definition) is 0. The van der Waals surface area contributed by atoms with Crippen LogP contribution in [0.1, 0.15) is 12.5 Å². The molecule has 0 saturated carbocycles. The summed E-state index contributed by atoms with van der Waals surface area (Å²) in [5.41, 5.74) is 6.21. The van der Waals surface area contributed by atoms with Gasteiger partial charge in [0.05, 0.1) is 0 Å². The van der Waals surface area contributed by atoms with Gasteiger partial charge in [-0.15, -0.1) is 0 Å². The molecule has 0 amide bonds. The van der Waals surface area contributed by atoms with Gasteiger partial charge in [0.15, 0.2) is 0 Å². The maximum absolute atomic E-state index is 3.76. The average molecular weight is 525 g/mol. The number of hydrogen-bond acceptors (Lipinski definition) is 0. The molecule has 0 aliphatic heterocycles. The van der Waals surface area contributed by atoms with E-state index in [0.717, 1.165) is 4.47 Å². The van der Waals surface area contributed by atoms with Gasteiger partial charge < -0.3 is 0 Å². The topological polar surface area (TPSA) is 0 Å². The van der Waals surface area contributed by atoms with Crippen LogP contribution in [-0.4, -0.2) is 0 Å². The average Bonchev–Trinajstić information content (AvgIpc) is 2.91. The molecule has 0 nitrogen and oxygen atoms in total. The fourth-order valence-electron chi connectivity index (χ4n) is 5.19. The highest BCUT2D eigenvalue weighted by atomic mass is 79.9. The van der Waals surface area contributed by atoms with Crippen molar-refractivity contribution in [2.24, 2.45) is 0 Å². The minimum absolute atomic E-state index is 1.08. The molecule has 0 aliphatic rings. The molecule has 0 aliphatic carbocycles. The van der Waals surface area contributed by atoms with Gasteiger partial charge in [-0.3, -0.25) is 0 Å². The molecule has 0 N–H and O–H groups in total. The Morgan fingerprint density at radius 2 is 1.22 bits per heavy atom. The van der Waals surface area contributed by atoms with Crippen LogP contribution in [0.25, 0.3) is 60.6 Å². The maximum atomic E-state index is 3.76. The maximum Gasteiger partial charge on any atom is 0.0181 e. The van der Waals surface area contributed by atoms with E-state index in [1.165, 1.54) is 60.1 Å². The lowest BCUT2D eigenvalue weighted by Gasteiger charge is -2.18. The van der Waals surface area contributed by atoms with Crippen LogP contribution in [0.4, 0.5) is 0 Å². The third-order valence-electron chi connectivity index (χ3n) is 6.79. The van der Waals surface area contributed by atoms with Gasteiger partial charge >= 0.3 is 0 Å². The third kappa shape index (κ3) is 4.06. The molecule has 6 aromatic carbocycles. The van der Waals surface area contributed by atoms with Crippen molar-refractivity contribution < 1.29 is 0 Å². The Labute approximate surface area is 220 Å². The van der Waals surface area contributed by atoms with Crippen molar-refractivity contribution in [1.29, 1.82) is 0 Å². The zero-order chi connectivity index (χ0) is 24.5. The zero-order valence-corrected chi connectivity index (χ0v) is 21.7. The predicted molar refractivity (Wildman–Crippen MR) is 161 cm³/mol. The smallest absolute Gasteiger partial charge is 0.0181 e. The van der Waals surface area contributed by atoms with Crippen LogP contribution in [-0.2, 0) is 0 Å². The Morgan fingerprint density at radius 1 is 0.528 bits per heavy atom. The normalized spacial score (nSPS) is 11.9. The van der Waals surface area contributed by atoms with Crippen LogP contribution >= 0.6 is 15.9 Å². The summed E-state index contributed by atoms with van der Waals surface area (Å²) < 4.78 is 1.08. The molecule has 36 heavy (non-hydrogen) atoms. The second-order valence-corrected chi connectivity index (χ2v) is 9.97. The summed E-state index contributed by atoms with van der Waals surface area (Å²) in [6, 6.07) is 39.7. The summed E-state index contributed by atoms with van der Waals surface area (Å²) in [5.74, 6) is 0. The molecule has 0 spiro atoms. The molecule has 0 saturated heterocycles. The van der Waals surface area contributed by atoms with Gasteiger partial charge in [-0.25, -0.2) is 0 Å². The van der Waals surface area contributed by atoms with E-state index in [-0.39, 0.29) is 0 Å². The van der Waals surface area contributed by atoms with Gasteiger partial charge in [0.1, 0.15) is 0 Å². The summed E-state index contributed by atoms with van der Waals surface area (Å²) >= 11 is 3.76. The van der Waals surface area contributed by atoms with E-state index >= 15 is 0 Å². The van der Waals surface area contributed by atoms with E-state index in [0.29, 0.717) is 0 Å². The summed E-state index contributed by atoms with van der Waals surface area (Å²) in [5, 5.41) is 7.56. The summed E-state index contributed by atoms with van der Waals surface area (Å²) in [6.45, 7) is 2.04. The molecule has 172 valence electrons. The number of benzene rings is 6. The van der Waals surface area contributed by atoms with Crippen LogP contribution in [0.15, 0.2) is 132 Å². The molecule has 6 rings (SSSR count). The van der Waals surface area contributed by atoms with Crippen molar-refractivity contribution in [2.75, 3.05) is 0 Å². The van der Waals surface area contributed by atoms with Crippen LogP contribution in [0.3, 0.4) is 0 Å². The minimum Gasteiger partial charge on any atom is -0.0877 e. The molecule has 0 heterocycles. The quantitative estimate of drug-likeness (QED) is 0.159. The van der Waals surface area contributed by atoms with Gasteiger partial charge in [-0.1, -0.05) is 125 Å². The van der Waals surface area contributed by atoms with E-state index < -0.39 is 0 Å². The Bertz CT molecular complexity index is 1800. The van der Waals surface area contributed by atoms with Crippen LogP contribution in [0, 0.1) is 0 Å². The van der Waals surface area contributed by atoms with Crippen molar-refractivity contribution in [3.05, 3.63) is 137 Å². The van der Waals surface area contributed by atoms with E-state index in [9.17, 15) is 0 Å². The standard InChI is InChI=1S/C35H25Br/c1-2-3-4-10-24-11-9-14-27(21-24)34-30-15-7-8-16-31(30)35(33-23-29(36)19-20-32(33)34)28-18-17-25-12-5-6-13-26(25)22-28/h2-23H,1H3/b3-2-,10-4-. The zero-order valence-electron chi connectivity index (χ0n) is 20.1. The van der Waals surface area contributed by atoms with E-state index in [1.54, 1.807) is 0 Å². The van der Waals surface area contributed by atoms with Crippen LogP contribution < -0.4 is 0 Å². The fraction of sp³-hybridized carbons (Fsp3) is 0.0286. The van der Waals surface area contributed by atoms with Gasteiger partial charge in [0.25, 0.3) is 0 Å². The van der Waals surface area contributed by atoms with Crippen molar-refractivity contribution in [2.45, 2.75) is 6.92 Å². The molecular formula is C35H25Br. The first-order valence-electron chi connectivity index (χ1n) is 12.3. The summed E-state index contributed by atoms with van der Waals surface area (Å²) in [4.78, 5) is 0. The van der Waals surface area contributed by atoms with Crippen LogP contribution in [0.5, 0.6) is 0 Å². The second-order valence-electron chi connectivity index (χ2n) is 9.06. The lowest BCUT2D eigenvalue weighted by Crippen LogP contribution is -1.91. The van der Waals surface area contributed by atoms with Crippen molar-refractivity contribution in [3.8, 4) is 22.3 Å². The molecule has 0 atom stereocenters. The molecule has 1 heteroatoms. The molecule has 0 bridgehead atoms. The molecule has 6 aromatic rings. The lowest BCUT2D eigenvalue weighted by atomic mass is 9.85. The highest BCUT2D eigenvalue weighted by Crippen LogP contribution is 2.44. The highest BCUT2D eigenvalue weighted by Gasteiger charge is 2.17. The molecule has 0 unspecified atom stereocenters. The predicted octanol–water partition coefficient (Wildman–Crippen LogP) is 10.8. The Morgan fingerprint density at radius 3 is 2.03 bits per heavy atom. The number of halogens is 1. The van der Waals surface area contributed by atoms with Gasteiger partial charge in [0.2, 0.25) is 0 Å². The minimum atomic E-state index is 1.08. The Kier molecular flexibility index (Phi) is 6.01. The monoisotopic (exact) mass is 524 g/mol. The Balaban J connectivity index is 1.70. The molecule has 0 aromatic heterocycles.